The van der Waals surface area contributed by atoms with Gasteiger partial charge in [-0.05, 0) is 24.1 Å². The highest BCUT2D eigenvalue weighted by molar-refractivity contribution is 8.07. The Hall–Kier alpha value is -0.750. The van der Waals surface area contributed by atoms with Gasteiger partial charge in [-0.25, -0.2) is 0 Å². The third kappa shape index (κ3) is 3.06. The Morgan fingerprint density at radius 2 is 2.14 bits per heavy atom. The van der Waals surface area contributed by atoms with Crippen molar-refractivity contribution in [1.29, 1.82) is 0 Å². The van der Waals surface area contributed by atoms with Gasteiger partial charge in [-0.1, -0.05) is 25.1 Å². The van der Waals surface area contributed by atoms with Gasteiger partial charge in [-0.3, -0.25) is 16.3 Å². The van der Waals surface area contributed by atoms with E-state index in [-0.39, 0.29) is 6.04 Å². The highest BCUT2D eigenvalue weighted by Crippen LogP contribution is 2.41. The maximum atomic E-state index is 5.95. The number of nitrogens with one attached hydrogen (secondary N) is 1. The lowest BCUT2D eigenvalue weighted by Crippen LogP contribution is -2.41. The number of benzene rings is 1. The van der Waals surface area contributed by atoms with Crippen molar-refractivity contribution in [3.8, 4) is 0 Å². The standard InChI is InChI=1S/C16H21N3S2/c1-2-14-16(21-10-9-20-14)15(19-17)12-5-3-7-13-11(12)6-4-8-18-13/h3-8,14-16,19H,2,9-10,17H2,1H3. The van der Waals surface area contributed by atoms with Gasteiger partial charge < -0.3 is 0 Å². The Balaban J connectivity index is 2.01. The van der Waals surface area contributed by atoms with Gasteiger partial charge in [0.2, 0.25) is 0 Å². The molecule has 2 aromatic rings. The van der Waals surface area contributed by atoms with E-state index in [2.05, 4.69) is 53.4 Å². The minimum Gasteiger partial charge on any atom is -0.271 e. The maximum absolute atomic E-state index is 5.95. The molecule has 0 aliphatic carbocycles. The molecule has 112 valence electrons. The molecule has 3 nitrogen and oxygen atoms in total. The zero-order valence-corrected chi connectivity index (χ0v) is 13.8. The Morgan fingerprint density at radius 3 is 2.95 bits per heavy atom. The summed E-state index contributed by atoms with van der Waals surface area (Å²) < 4.78 is 0. The fraction of sp³-hybridized carbons (Fsp3) is 0.438. The van der Waals surface area contributed by atoms with Crippen LogP contribution in [-0.2, 0) is 0 Å². The number of rotatable bonds is 4. The first-order valence-corrected chi connectivity index (χ1v) is 9.48. The largest absolute Gasteiger partial charge is 0.271 e. The van der Waals surface area contributed by atoms with Gasteiger partial charge >= 0.3 is 0 Å². The van der Waals surface area contributed by atoms with Gasteiger partial charge in [0.05, 0.1) is 11.6 Å². The lowest BCUT2D eigenvalue weighted by molar-refractivity contribution is 0.516. The van der Waals surface area contributed by atoms with E-state index < -0.39 is 0 Å². The highest BCUT2D eigenvalue weighted by atomic mass is 32.2. The van der Waals surface area contributed by atoms with Crippen molar-refractivity contribution < 1.29 is 0 Å². The van der Waals surface area contributed by atoms with Crippen molar-refractivity contribution in [2.75, 3.05) is 11.5 Å². The van der Waals surface area contributed by atoms with Crippen LogP contribution in [0.1, 0.15) is 24.9 Å². The zero-order valence-electron chi connectivity index (χ0n) is 12.2. The van der Waals surface area contributed by atoms with Crippen molar-refractivity contribution in [3.63, 3.8) is 0 Å². The van der Waals surface area contributed by atoms with E-state index in [9.17, 15) is 0 Å². The van der Waals surface area contributed by atoms with Crippen LogP contribution in [0, 0.1) is 0 Å². The van der Waals surface area contributed by atoms with Crippen molar-refractivity contribution >= 4 is 34.4 Å². The second-order valence-corrected chi connectivity index (χ2v) is 7.85. The van der Waals surface area contributed by atoms with E-state index in [0.29, 0.717) is 10.5 Å². The third-order valence-electron chi connectivity index (χ3n) is 4.02. The minimum absolute atomic E-state index is 0.167. The van der Waals surface area contributed by atoms with E-state index in [1.54, 1.807) is 0 Å². The van der Waals surface area contributed by atoms with Gasteiger partial charge in [-0.2, -0.15) is 23.5 Å². The number of hydrazine groups is 1. The monoisotopic (exact) mass is 319 g/mol. The number of nitrogens with two attached hydrogens (primary N) is 1. The summed E-state index contributed by atoms with van der Waals surface area (Å²) in [7, 11) is 0. The first kappa shape index (κ1) is 15.2. The Kier molecular flexibility index (Phi) is 5.06. The molecule has 0 saturated carbocycles. The third-order valence-corrected chi connectivity index (χ3v) is 7.37. The maximum Gasteiger partial charge on any atom is 0.0705 e. The molecule has 1 aromatic heterocycles. The van der Waals surface area contributed by atoms with Crippen LogP contribution >= 0.6 is 23.5 Å². The molecule has 3 atom stereocenters. The molecule has 21 heavy (non-hydrogen) atoms. The summed E-state index contributed by atoms with van der Waals surface area (Å²) >= 11 is 4.13. The molecule has 1 aromatic carbocycles. The summed E-state index contributed by atoms with van der Waals surface area (Å²) in [5.74, 6) is 8.40. The molecule has 1 saturated heterocycles. The molecule has 5 heteroatoms. The zero-order chi connectivity index (χ0) is 14.7. The van der Waals surface area contributed by atoms with Gasteiger partial charge in [0, 0.05) is 33.6 Å². The van der Waals surface area contributed by atoms with Crippen LogP contribution in [0.5, 0.6) is 0 Å². The normalized spacial score (nSPS) is 24.1. The SMILES string of the molecule is CCC1SCCSC1C(NN)c1cccc2ncccc12. The van der Waals surface area contributed by atoms with Crippen molar-refractivity contribution in [1.82, 2.24) is 10.4 Å². The number of pyridine rings is 1. The molecule has 3 N–H and O–H groups in total. The average molecular weight is 319 g/mol. The first-order chi connectivity index (χ1) is 10.3. The fourth-order valence-corrected chi connectivity index (χ4v) is 6.23. The van der Waals surface area contributed by atoms with Gasteiger partial charge in [0.15, 0.2) is 0 Å². The summed E-state index contributed by atoms with van der Waals surface area (Å²) in [6.07, 6.45) is 3.03. The topological polar surface area (TPSA) is 50.9 Å². The smallest absolute Gasteiger partial charge is 0.0705 e. The van der Waals surface area contributed by atoms with Gasteiger partial charge in [0.25, 0.3) is 0 Å². The number of hydrogen-bond acceptors (Lipinski definition) is 5. The minimum atomic E-state index is 0.167. The molecule has 2 heterocycles. The van der Waals surface area contributed by atoms with Crippen LogP contribution < -0.4 is 11.3 Å². The summed E-state index contributed by atoms with van der Waals surface area (Å²) in [6.45, 7) is 2.27. The molecule has 0 bridgehead atoms. The number of nitrogens with zero attached hydrogens (tertiary/aromatic N) is 1. The van der Waals surface area contributed by atoms with E-state index in [1.165, 1.54) is 28.9 Å². The van der Waals surface area contributed by atoms with Crippen LogP contribution in [0.2, 0.25) is 0 Å². The van der Waals surface area contributed by atoms with E-state index in [4.69, 9.17) is 5.84 Å². The van der Waals surface area contributed by atoms with Crippen LogP contribution in [0.15, 0.2) is 36.5 Å². The second kappa shape index (κ2) is 7.01. The number of thioether (sulfide) groups is 2. The summed E-state index contributed by atoms with van der Waals surface area (Å²) in [5.41, 5.74) is 5.39. The van der Waals surface area contributed by atoms with Gasteiger partial charge in [-0.15, -0.1) is 0 Å². The van der Waals surface area contributed by atoms with E-state index in [1.807, 2.05) is 24.0 Å². The predicted molar refractivity (Wildman–Crippen MR) is 94.6 cm³/mol. The summed E-state index contributed by atoms with van der Waals surface area (Å²) in [6, 6.07) is 10.6. The number of fused-ring (bicyclic) bond motifs is 1. The first-order valence-electron chi connectivity index (χ1n) is 7.38. The molecular weight excluding hydrogens is 298 g/mol. The van der Waals surface area contributed by atoms with Crippen molar-refractivity contribution in [3.05, 3.63) is 42.1 Å². The highest BCUT2D eigenvalue weighted by Gasteiger charge is 2.33. The average Bonchev–Trinajstić information content (AvgIpc) is 2.56. The molecule has 0 spiro atoms. The van der Waals surface area contributed by atoms with Gasteiger partial charge in [0.1, 0.15) is 0 Å². The Morgan fingerprint density at radius 1 is 1.29 bits per heavy atom. The second-order valence-electron chi connectivity index (χ2n) is 5.21. The van der Waals surface area contributed by atoms with Crippen LogP contribution in [0.3, 0.4) is 0 Å². The quantitative estimate of drug-likeness (QED) is 0.668. The van der Waals surface area contributed by atoms with Crippen LogP contribution in [0.25, 0.3) is 10.9 Å². The molecule has 1 aliphatic heterocycles. The molecule has 0 radical (unpaired) electrons. The fourth-order valence-electron chi connectivity index (χ4n) is 3.01. The molecular formula is C16H21N3S2. The van der Waals surface area contributed by atoms with Crippen LogP contribution in [0.4, 0.5) is 0 Å². The van der Waals surface area contributed by atoms with Crippen molar-refractivity contribution in [2.45, 2.75) is 29.9 Å². The summed E-state index contributed by atoms with van der Waals surface area (Å²) in [5, 5.41) is 2.36. The number of hydrogen-bond donors (Lipinski definition) is 2. The Bertz CT molecular complexity index is 600. The van der Waals surface area contributed by atoms with Crippen LogP contribution in [-0.4, -0.2) is 27.0 Å². The molecule has 0 amide bonds. The predicted octanol–water partition coefficient (Wildman–Crippen LogP) is 3.37. The lowest BCUT2D eigenvalue weighted by Gasteiger charge is -2.36. The Labute approximate surface area is 134 Å². The lowest BCUT2D eigenvalue weighted by atomic mass is 9.97. The molecule has 3 unspecified atom stereocenters. The molecule has 3 rings (SSSR count). The van der Waals surface area contributed by atoms with E-state index in [0.717, 1.165) is 5.52 Å². The van der Waals surface area contributed by atoms with Crippen molar-refractivity contribution in [2.24, 2.45) is 5.84 Å². The molecule has 1 aliphatic rings. The summed E-state index contributed by atoms with van der Waals surface area (Å²) in [4.78, 5) is 4.46. The van der Waals surface area contributed by atoms with E-state index >= 15 is 0 Å². The molecule has 1 fully saturated rings. The number of aromatic nitrogens is 1.